The van der Waals surface area contributed by atoms with Gasteiger partial charge in [-0.3, -0.25) is 14.5 Å². The average Bonchev–Trinajstić information content (AvgIpc) is 2.93. The van der Waals surface area contributed by atoms with Crippen molar-refractivity contribution in [1.82, 2.24) is 0 Å². The topological polar surface area (TPSA) is 107 Å². The first kappa shape index (κ1) is 18.2. The number of aromatic carboxylic acids is 1. The van der Waals surface area contributed by atoms with Crippen LogP contribution < -0.4 is 14.7 Å². The lowest BCUT2D eigenvalue weighted by Crippen LogP contribution is -2.32. The Labute approximate surface area is 155 Å². The van der Waals surface area contributed by atoms with Crippen LogP contribution in [0.4, 0.5) is 5.69 Å². The fraction of sp³-hybridized carbons (Fsp3) is 0.150. The van der Waals surface area contributed by atoms with Crippen LogP contribution in [-0.4, -0.2) is 29.9 Å². The average molecular weight is 366 g/mol. The molecule has 1 heterocycles. The lowest BCUT2D eigenvalue weighted by molar-refractivity contribution is -0.298. The van der Waals surface area contributed by atoms with Crippen LogP contribution in [0.5, 0.6) is 5.75 Å². The number of carboxylic acid groups (broad SMARTS) is 1. The maximum atomic E-state index is 12.6. The number of hydrogen-bond acceptors (Lipinski definition) is 5. The number of carbonyl (C=O) groups excluding carboxylic acids is 2. The van der Waals surface area contributed by atoms with E-state index >= 15 is 0 Å². The molecule has 27 heavy (non-hydrogen) atoms. The van der Waals surface area contributed by atoms with Gasteiger partial charge in [0.15, 0.2) is 5.78 Å². The Balaban J connectivity index is 2.11. The van der Waals surface area contributed by atoms with E-state index in [2.05, 4.69) is 0 Å². The Hall–Kier alpha value is -3.61. The second-order valence-electron chi connectivity index (χ2n) is 6.00. The molecule has 0 fully saturated rings. The molecule has 0 aliphatic carbocycles. The Kier molecular flexibility index (Phi) is 4.68. The number of Topliss-reactive ketones (excluding diaryl/α,β-unsaturated/α-hetero) is 1. The fourth-order valence-corrected chi connectivity index (χ4v) is 3.08. The largest absolute Gasteiger partial charge is 0.868 e. The van der Waals surface area contributed by atoms with Crippen LogP contribution in [0.25, 0.3) is 0 Å². The zero-order valence-electron chi connectivity index (χ0n) is 14.6. The molecule has 7 heteroatoms. The predicted molar refractivity (Wildman–Crippen MR) is 94.3 cm³/mol. The van der Waals surface area contributed by atoms with E-state index < -0.39 is 29.5 Å². The maximum Gasteiger partial charge on any atom is 0.335 e. The van der Waals surface area contributed by atoms with Gasteiger partial charge < -0.3 is 14.9 Å². The van der Waals surface area contributed by atoms with Crippen LogP contribution in [0.1, 0.15) is 28.9 Å². The van der Waals surface area contributed by atoms with Gasteiger partial charge in [0.25, 0.3) is 0 Å². The number of rotatable bonds is 5. The molecule has 0 unspecified atom stereocenters. The molecule has 0 saturated carbocycles. The summed E-state index contributed by atoms with van der Waals surface area (Å²) < 4.78 is 5.12. The molecule has 1 atom stereocenters. The number of nitrogens with zero attached hydrogens (tertiary/aromatic N) is 1. The summed E-state index contributed by atoms with van der Waals surface area (Å²) in [6.45, 7) is 1.24. The molecule has 2 aromatic carbocycles. The Morgan fingerprint density at radius 3 is 2.15 bits per heavy atom. The summed E-state index contributed by atoms with van der Waals surface area (Å²) in [4.78, 5) is 37.0. The first-order valence-corrected chi connectivity index (χ1v) is 8.08. The van der Waals surface area contributed by atoms with E-state index in [1.165, 1.54) is 43.2 Å². The summed E-state index contributed by atoms with van der Waals surface area (Å²) in [6, 6.07) is 11.4. The minimum absolute atomic E-state index is 0.0495. The van der Waals surface area contributed by atoms with Crippen molar-refractivity contribution in [3.8, 4) is 5.75 Å². The van der Waals surface area contributed by atoms with Gasteiger partial charge in [-0.1, -0.05) is 12.1 Å². The molecule has 2 aromatic rings. The molecular formula is C20H16NO6-. The van der Waals surface area contributed by atoms with Crippen molar-refractivity contribution in [3.63, 3.8) is 0 Å². The Bertz CT molecular complexity index is 943. The molecule has 7 nitrogen and oxygen atoms in total. The second-order valence-corrected chi connectivity index (χ2v) is 6.00. The maximum absolute atomic E-state index is 12.6. The van der Waals surface area contributed by atoms with Gasteiger partial charge in [-0.2, -0.15) is 0 Å². The van der Waals surface area contributed by atoms with Crippen molar-refractivity contribution in [2.45, 2.75) is 13.0 Å². The second kappa shape index (κ2) is 6.95. The first-order valence-electron chi connectivity index (χ1n) is 8.08. The number of carboxylic acids is 1. The number of amides is 1. The smallest absolute Gasteiger partial charge is 0.335 e. The number of ether oxygens (including phenoxy) is 1. The third-order valence-corrected chi connectivity index (χ3v) is 4.39. The summed E-state index contributed by atoms with van der Waals surface area (Å²) >= 11 is 0. The molecule has 0 bridgehead atoms. The minimum atomic E-state index is -1.10. The lowest BCUT2D eigenvalue weighted by atomic mass is 9.96. The first-order chi connectivity index (χ1) is 12.8. The molecule has 0 aromatic heterocycles. The minimum Gasteiger partial charge on any atom is -0.868 e. The highest BCUT2D eigenvalue weighted by Gasteiger charge is 2.38. The highest BCUT2D eigenvalue weighted by molar-refractivity contribution is 6.15. The number of hydrogen-bond donors (Lipinski definition) is 1. The molecule has 0 radical (unpaired) electrons. The lowest BCUT2D eigenvalue weighted by Gasteiger charge is -2.27. The van der Waals surface area contributed by atoms with Crippen LogP contribution in [-0.2, 0) is 9.59 Å². The van der Waals surface area contributed by atoms with Crippen molar-refractivity contribution in [3.05, 3.63) is 71.0 Å². The zero-order valence-corrected chi connectivity index (χ0v) is 14.6. The van der Waals surface area contributed by atoms with E-state index in [1.807, 2.05) is 0 Å². The summed E-state index contributed by atoms with van der Waals surface area (Å²) in [5.74, 6) is -2.68. The van der Waals surface area contributed by atoms with E-state index in [-0.39, 0.29) is 11.1 Å². The van der Waals surface area contributed by atoms with Gasteiger partial charge in [0.05, 0.1) is 18.7 Å². The van der Waals surface area contributed by atoms with Gasteiger partial charge in [0, 0.05) is 11.3 Å². The van der Waals surface area contributed by atoms with Gasteiger partial charge in [-0.05, 0) is 54.6 Å². The molecule has 0 spiro atoms. The quantitative estimate of drug-likeness (QED) is 0.863. The van der Waals surface area contributed by atoms with Crippen molar-refractivity contribution >= 4 is 23.3 Å². The molecular weight excluding hydrogens is 350 g/mol. The predicted octanol–water partition coefficient (Wildman–Crippen LogP) is 1.68. The van der Waals surface area contributed by atoms with E-state index in [1.54, 1.807) is 24.3 Å². The van der Waals surface area contributed by atoms with E-state index in [4.69, 9.17) is 9.84 Å². The van der Waals surface area contributed by atoms with Crippen molar-refractivity contribution in [1.29, 1.82) is 0 Å². The number of anilines is 1. The van der Waals surface area contributed by atoms with Crippen molar-refractivity contribution in [2.24, 2.45) is 0 Å². The molecule has 1 aliphatic heterocycles. The number of methoxy groups -OCH3 is 1. The molecule has 3 rings (SSSR count). The summed E-state index contributed by atoms with van der Waals surface area (Å²) in [7, 11) is 1.51. The molecule has 1 aliphatic rings. The Morgan fingerprint density at radius 1 is 1.07 bits per heavy atom. The van der Waals surface area contributed by atoms with Crippen LogP contribution in [0, 0.1) is 0 Å². The molecule has 0 saturated heterocycles. The highest BCUT2D eigenvalue weighted by Crippen LogP contribution is 2.40. The normalized spacial score (nSPS) is 16.6. The standard InChI is InChI=1S/C20H17NO6/c1-11(22)16-17(12-5-9-15(27-2)10-6-12)21(19(24)18(16)23)14-7-3-13(4-8-14)20(25)26/h3-10,17,23H,1-2H3,(H,25,26)/p-1/t17-/m1/s1. The monoisotopic (exact) mass is 366 g/mol. The molecule has 1 amide bonds. The SMILES string of the molecule is COc1ccc([C@@H]2C(C(C)=O)=C([O-])C(=O)N2c2ccc(C(=O)O)cc2)cc1. The van der Waals surface area contributed by atoms with Gasteiger partial charge in [-0.15, -0.1) is 0 Å². The summed E-state index contributed by atoms with van der Waals surface area (Å²) in [6.07, 6.45) is 0. The third-order valence-electron chi connectivity index (χ3n) is 4.39. The van der Waals surface area contributed by atoms with Gasteiger partial charge in [-0.25, -0.2) is 4.79 Å². The Morgan fingerprint density at radius 2 is 1.67 bits per heavy atom. The van der Waals surface area contributed by atoms with E-state index in [9.17, 15) is 19.5 Å². The van der Waals surface area contributed by atoms with Gasteiger partial charge in [0.1, 0.15) is 5.75 Å². The number of carbonyl (C=O) groups is 3. The van der Waals surface area contributed by atoms with Crippen LogP contribution in [0.3, 0.4) is 0 Å². The van der Waals surface area contributed by atoms with Crippen molar-refractivity contribution in [2.75, 3.05) is 12.0 Å². The van der Waals surface area contributed by atoms with Crippen molar-refractivity contribution < 1.29 is 29.3 Å². The third kappa shape index (κ3) is 3.15. The highest BCUT2D eigenvalue weighted by atomic mass is 16.5. The van der Waals surface area contributed by atoms with Crippen LogP contribution in [0.2, 0.25) is 0 Å². The van der Waals surface area contributed by atoms with E-state index in [0.717, 1.165) is 0 Å². The number of ketones is 1. The number of benzene rings is 2. The summed E-state index contributed by atoms with van der Waals surface area (Å²) in [5, 5.41) is 21.5. The van der Waals surface area contributed by atoms with Crippen LogP contribution >= 0.6 is 0 Å². The van der Waals surface area contributed by atoms with Gasteiger partial charge in [0.2, 0.25) is 5.91 Å². The van der Waals surface area contributed by atoms with Gasteiger partial charge >= 0.3 is 5.97 Å². The zero-order chi connectivity index (χ0) is 19.7. The van der Waals surface area contributed by atoms with E-state index in [0.29, 0.717) is 17.0 Å². The van der Waals surface area contributed by atoms with Crippen LogP contribution in [0.15, 0.2) is 59.9 Å². The molecule has 1 N–H and O–H groups in total. The summed E-state index contributed by atoms with van der Waals surface area (Å²) in [5.41, 5.74) is 0.832. The molecule has 138 valence electrons. The fourth-order valence-electron chi connectivity index (χ4n) is 3.08.